The zero-order valence-corrected chi connectivity index (χ0v) is 18.1. The van der Waals surface area contributed by atoms with E-state index in [1.807, 2.05) is 55.5 Å². The molecule has 162 valence electrons. The smallest absolute Gasteiger partial charge is 0.161 e. The monoisotopic (exact) mass is 448 g/mol. The van der Waals surface area contributed by atoms with Crippen LogP contribution in [0, 0.1) is 6.92 Å². The fourth-order valence-electron chi connectivity index (χ4n) is 3.76. The fraction of sp³-hybridized carbons (Fsp3) is 0.160. The summed E-state index contributed by atoms with van der Waals surface area (Å²) < 4.78 is 17.5. The van der Waals surface area contributed by atoms with Crippen molar-refractivity contribution in [1.29, 1.82) is 0 Å². The number of phenols is 1. The lowest BCUT2D eigenvalue weighted by Crippen LogP contribution is -2.15. The first-order chi connectivity index (χ1) is 15.6. The summed E-state index contributed by atoms with van der Waals surface area (Å²) >= 11 is 6.27. The Kier molecular flexibility index (Phi) is 5.37. The van der Waals surface area contributed by atoms with Crippen LogP contribution in [0.15, 0.2) is 60.7 Å². The molecule has 0 bridgehead atoms. The van der Waals surface area contributed by atoms with Gasteiger partial charge in [-0.3, -0.25) is 5.10 Å². The molecule has 0 fully saturated rings. The first-order valence-corrected chi connectivity index (χ1v) is 10.6. The molecule has 1 aliphatic rings. The van der Waals surface area contributed by atoms with Crippen molar-refractivity contribution in [2.45, 2.75) is 13.5 Å². The topological polar surface area (TPSA) is 76.6 Å². The largest absolute Gasteiger partial charge is 0.506 e. The quantitative estimate of drug-likeness (QED) is 0.406. The van der Waals surface area contributed by atoms with E-state index in [4.69, 9.17) is 25.8 Å². The van der Waals surface area contributed by atoms with Gasteiger partial charge in [-0.25, -0.2) is 0 Å². The predicted molar refractivity (Wildman–Crippen MR) is 123 cm³/mol. The molecule has 2 heterocycles. The van der Waals surface area contributed by atoms with Crippen molar-refractivity contribution in [3.63, 3.8) is 0 Å². The lowest BCUT2D eigenvalue weighted by atomic mass is 9.98. The SMILES string of the molecule is Cc1[nH]nc(-c2cc(Cl)c(O)cc2OCc2ccccc2)c1-c1ccc2c(c1)OCCO2. The molecule has 0 saturated heterocycles. The van der Waals surface area contributed by atoms with Gasteiger partial charge in [0.15, 0.2) is 11.5 Å². The number of nitrogens with zero attached hydrogens (tertiary/aromatic N) is 1. The van der Waals surface area contributed by atoms with E-state index < -0.39 is 0 Å². The Hall–Kier alpha value is -3.64. The van der Waals surface area contributed by atoms with E-state index in [0.717, 1.165) is 28.1 Å². The predicted octanol–water partition coefficient (Wildman–Crippen LogP) is 5.76. The number of aryl methyl sites for hydroxylation is 1. The van der Waals surface area contributed by atoms with Crippen molar-refractivity contribution in [3.8, 4) is 45.4 Å². The third kappa shape index (κ3) is 3.85. The second-order valence-electron chi connectivity index (χ2n) is 7.50. The average Bonchev–Trinajstić information content (AvgIpc) is 3.21. The molecule has 32 heavy (non-hydrogen) atoms. The van der Waals surface area contributed by atoms with Gasteiger partial charge in [-0.2, -0.15) is 5.10 Å². The summed E-state index contributed by atoms with van der Waals surface area (Å²) in [6, 6.07) is 18.8. The molecule has 6 nitrogen and oxygen atoms in total. The number of rotatable bonds is 5. The molecule has 0 atom stereocenters. The zero-order chi connectivity index (χ0) is 22.1. The molecule has 3 aromatic carbocycles. The number of hydrogen-bond acceptors (Lipinski definition) is 5. The Balaban J connectivity index is 1.58. The van der Waals surface area contributed by atoms with Crippen LogP contribution >= 0.6 is 11.6 Å². The number of aromatic hydroxyl groups is 1. The molecular weight excluding hydrogens is 428 g/mol. The summed E-state index contributed by atoms with van der Waals surface area (Å²) in [7, 11) is 0. The second kappa shape index (κ2) is 8.48. The van der Waals surface area contributed by atoms with Gasteiger partial charge in [-0.15, -0.1) is 0 Å². The van der Waals surface area contributed by atoms with Crippen LogP contribution in [-0.2, 0) is 6.61 Å². The van der Waals surface area contributed by atoms with Crippen LogP contribution in [0.25, 0.3) is 22.4 Å². The first kappa shape index (κ1) is 20.3. The van der Waals surface area contributed by atoms with Gasteiger partial charge in [0, 0.05) is 22.9 Å². The van der Waals surface area contributed by atoms with E-state index in [2.05, 4.69) is 10.2 Å². The fourth-order valence-corrected chi connectivity index (χ4v) is 3.92. The average molecular weight is 449 g/mol. The van der Waals surface area contributed by atoms with Crippen LogP contribution in [0.3, 0.4) is 0 Å². The highest BCUT2D eigenvalue weighted by Crippen LogP contribution is 2.44. The molecule has 0 amide bonds. The standard InChI is InChI=1S/C25H21ClN2O4/c1-15-24(17-7-8-21-23(11-17)31-10-9-30-21)25(28-27-15)18-12-19(26)20(29)13-22(18)32-14-16-5-3-2-4-6-16/h2-8,11-13,29H,9-10,14H2,1H3,(H,27,28). The number of H-pyrrole nitrogens is 1. The van der Waals surface area contributed by atoms with E-state index in [-0.39, 0.29) is 10.8 Å². The number of aromatic amines is 1. The molecule has 0 spiro atoms. The minimum atomic E-state index is -0.0494. The number of benzene rings is 3. The van der Waals surface area contributed by atoms with Crippen LogP contribution in [0.1, 0.15) is 11.3 Å². The molecule has 0 saturated carbocycles. The highest BCUT2D eigenvalue weighted by molar-refractivity contribution is 6.32. The van der Waals surface area contributed by atoms with Crippen molar-refractivity contribution in [3.05, 3.63) is 76.9 Å². The van der Waals surface area contributed by atoms with Gasteiger partial charge in [0.05, 0.1) is 5.02 Å². The van der Waals surface area contributed by atoms with Crippen molar-refractivity contribution in [2.24, 2.45) is 0 Å². The Morgan fingerprint density at radius 1 is 1.03 bits per heavy atom. The molecule has 4 aromatic rings. The van der Waals surface area contributed by atoms with E-state index in [1.165, 1.54) is 6.07 Å². The minimum absolute atomic E-state index is 0.0494. The van der Waals surface area contributed by atoms with Crippen LogP contribution in [0.5, 0.6) is 23.0 Å². The summed E-state index contributed by atoms with van der Waals surface area (Å²) in [6.07, 6.45) is 0. The lowest BCUT2D eigenvalue weighted by Gasteiger charge is -2.19. The van der Waals surface area contributed by atoms with Crippen LogP contribution in [0.4, 0.5) is 0 Å². The molecule has 1 aromatic heterocycles. The molecular formula is C25H21ClN2O4. The number of halogens is 1. The first-order valence-electron chi connectivity index (χ1n) is 10.2. The molecule has 1 aliphatic heterocycles. The van der Waals surface area contributed by atoms with E-state index in [9.17, 15) is 5.11 Å². The second-order valence-corrected chi connectivity index (χ2v) is 7.91. The van der Waals surface area contributed by atoms with Gasteiger partial charge in [-0.05, 0) is 36.2 Å². The maximum Gasteiger partial charge on any atom is 0.161 e. The number of fused-ring (bicyclic) bond motifs is 1. The lowest BCUT2D eigenvalue weighted by molar-refractivity contribution is 0.171. The Labute approximate surface area is 190 Å². The summed E-state index contributed by atoms with van der Waals surface area (Å²) in [5, 5.41) is 18.1. The molecule has 0 unspecified atom stereocenters. The number of phenolic OH excluding ortho intramolecular Hbond substituents is 1. The summed E-state index contributed by atoms with van der Waals surface area (Å²) in [5.41, 5.74) is 5.07. The third-order valence-electron chi connectivity index (χ3n) is 5.32. The Bertz CT molecular complexity index is 1270. The van der Waals surface area contributed by atoms with Gasteiger partial charge in [0.2, 0.25) is 0 Å². The van der Waals surface area contributed by atoms with Crippen molar-refractivity contribution >= 4 is 11.6 Å². The van der Waals surface area contributed by atoms with E-state index >= 15 is 0 Å². The zero-order valence-electron chi connectivity index (χ0n) is 17.4. The number of ether oxygens (including phenoxy) is 3. The van der Waals surface area contributed by atoms with Gasteiger partial charge in [0.1, 0.15) is 37.0 Å². The highest BCUT2D eigenvalue weighted by Gasteiger charge is 2.22. The number of hydrogen-bond donors (Lipinski definition) is 2. The molecule has 5 rings (SSSR count). The highest BCUT2D eigenvalue weighted by atomic mass is 35.5. The maximum absolute atomic E-state index is 10.2. The summed E-state index contributed by atoms with van der Waals surface area (Å²) in [4.78, 5) is 0. The number of nitrogens with one attached hydrogen (secondary N) is 1. The van der Waals surface area contributed by atoms with Gasteiger partial charge >= 0.3 is 0 Å². The van der Waals surface area contributed by atoms with Crippen LogP contribution < -0.4 is 14.2 Å². The van der Waals surface area contributed by atoms with E-state index in [1.54, 1.807) is 6.07 Å². The molecule has 0 radical (unpaired) electrons. The Morgan fingerprint density at radius 3 is 2.62 bits per heavy atom. The Morgan fingerprint density at radius 2 is 1.81 bits per heavy atom. The van der Waals surface area contributed by atoms with Crippen molar-refractivity contribution < 1.29 is 19.3 Å². The number of aromatic nitrogens is 2. The maximum atomic E-state index is 10.2. The van der Waals surface area contributed by atoms with Gasteiger partial charge < -0.3 is 19.3 Å². The van der Waals surface area contributed by atoms with Crippen LogP contribution in [-0.4, -0.2) is 28.5 Å². The van der Waals surface area contributed by atoms with Crippen molar-refractivity contribution in [1.82, 2.24) is 10.2 Å². The summed E-state index contributed by atoms with van der Waals surface area (Å²) in [5.74, 6) is 1.86. The molecule has 7 heteroatoms. The van der Waals surface area contributed by atoms with Gasteiger partial charge in [0.25, 0.3) is 0 Å². The minimum Gasteiger partial charge on any atom is -0.506 e. The van der Waals surface area contributed by atoms with Crippen LogP contribution in [0.2, 0.25) is 5.02 Å². The van der Waals surface area contributed by atoms with Gasteiger partial charge in [-0.1, -0.05) is 48.0 Å². The van der Waals surface area contributed by atoms with Crippen molar-refractivity contribution in [2.75, 3.05) is 13.2 Å². The summed E-state index contributed by atoms with van der Waals surface area (Å²) in [6.45, 7) is 3.35. The molecule has 2 N–H and O–H groups in total. The van der Waals surface area contributed by atoms with E-state index in [0.29, 0.717) is 42.6 Å². The normalized spacial score (nSPS) is 12.6. The third-order valence-corrected chi connectivity index (χ3v) is 5.62. The molecule has 0 aliphatic carbocycles.